The molecule has 0 fully saturated rings. The van der Waals surface area contributed by atoms with E-state index in [9.17, 15) is 0 Å². The second-order valence-corrected chi connectivity index (χ2v) is 6.58. The Kier molecular flexibility index (Phi) is 5.72. The van der Waals surface area contributed by atoms with Crippen molar-refractivity contribution in [2.75, 3.05) is 5.75 Å². The maximum atomic E-state index is 6.03. The number of nitrogens with two attached hydrogens (primary N) is 1. The van der Waals surface area contributed by atoms with Gasteiger partial charge in [-0.2, -0.15) is 11.8 Å². The zero-order valence-electron chi connectivity index (χ0n) is 9.77. The van der Waals surface area contributed by atoms with Crippen molar-refractivity contribution in [1.82, 2.24) is 0 Å². The van der Waals surface area contributed by atoms with Crippen LogP contribution in [0.2, 0.25) is 0 Å². The van der Waals surface area contributed by atoms with Gasteiger partial charge in [-0.15, -0.1) is 11.3 Å². The van der Waals surface area contributed by atoms with Crippen LogP contribution in [-0.4, -0.2) is 11.8 Å². The highest BCUT2D eigenvalue weighted by molar-refractivity contribution is 7.99. The van der Waals surface area contributed by atoms with Crippen molar-refractivity contribution in [1.29, 1.82) is 0 Å². The quantitative estimate of drug-likeness (QED) is 0.819. The van der Waals surface area contributed by atoms with Gasteiger partial charge in [-0.25, -0.2) is 0 Å². The highest BCUT2D eigenvalue weighted by Crippen LogP contribution is 2.34. The van der Waals surface area contributed by atoms with E-state index >= 15 is 0 Å². The maximum Gasteiger partial charge on any atom is 0.0539 e. The van der Waals surface area contributed by atoms with Gasteiger partial charge in [0.05, 0.1) is 5.25 Å². The number of hydrogen-bond acceptors (Lipinski definition) is 3. The van der Waals surface area contributed by atoms with Crippen LogP contribution < -0.4 is 5.73 Å². The fraction of sp³-hybridized carbons (Fsp3) is 0.667. The molecule has 0 aliphatic heterocycles. The molecule has 0 bridgehead atoms. The van der Waals surface area contributed by atoms with E-state index in [1.165, 1.54) is 17.1 Å². The third kappa shape index (κ3) is 4.58. The van der Waals surface area contributed by atoms with Crippen LogP contribution in [0.4, 0.5) is 0 Å². The Morgan fingerprint density at radius 1 is 1.40 bits per heavy atom. The first kappa shape index (κ1) is 13.1. The lowest BCUT2D eigenvalue weighted by Crippen LogP contribution is -2.22. The lowest BCUT2D eigenvalue weighted by Gasteiger charge is -2.19. The largest absolute Gasteiger partial charge is 0.327 e. The maximum absolute atomic E-state index is 6.03. The topological polar surface area (TPSA) is 26.0 Å². The van der Waals surface area contributed by atoms with Gasteiger partial charge in [0.2, 0.25) is 0 Å². The van der Waals surface area contributed by atoms with Gasteiger partial charge < -0.3 is 5.73 Å². The molecule has 1 nitrogen and oxygen atoms in total. The molecule has 0 radical (unpaired) electrons. The molecule has 1 heterocycles. The molecule has 3 heteroatoms. The highest BCUT2D eigenvalue weighted by Gasteiger charge is 2.17. The molecule has 0 aromatic carbocycles. The molecule has 2 atom stereocenters. The van der Waals surface area contributed by atoms with Gasteiger partial charge >= 0.3 is 0 Å². The molecule has 0 saturated heterocycles. The molecule has 2 unspecified atom stereocenters. The predicted molar refractivity (Wildman–Crippen MR) is 72.6 cm³/mol. The van der Waals surface area contributed by atoms with Crippen LogP contribution >= 0.6 is 23.1 Å². The minimum absolute atomic E-state index is 0.237. The standard InChI is InChI=1S/C12H21NS2/c1-9(2)6-8-15-12(10(3)13)11-5-4-7-14-11/h4-5,7,9-10,12H,6,8,13H2,1-3H3. The SMILES string of the molecule is CC(C)CCSC(c1cccs1)C(C)N. The van der Waals surface area contributed by atoms with E-state index in [0.29, 0.717) is 5.25 Å². The zero-order chi connectivity index (χ0) is 11.3. The van der Waals surface area contributed by atoms with Crippen molar-refractivity contribution in [2.45, 2.75) is 38.5 Å². The summed E-state index contributed by atoms with van der Waals surface area (Å²) in [6.07, 6.45) is 1.28. The van der Waals surface area contributed by atoms with Gasteiger partial charge in [-0.1, -0.05) is 19.9 Å². The minimum atomic E-state index is 0.237. The van der Waals surface area contributed by atoms with Gasteiger partial charge in [0.25, 0.3) is 0 Å². The third-order valence-corrected chi connectivity index (χ3v) is 4.91. The van der Waals surface area contributed by atoms with Gasteiger partial charge in [0.15, 0.2) is 0 Å². The van der Waals surface area contributed by atoms with Crippen molar-refractivity contribution in [3.8, 4) is 0 Å². The van der Waals surface area contributed by atoms with Crippen molar-refractivity contribution in [2.24, 2.45) is 11.7 Å². The summed E-state index contributed by atoms with van der Waals surface area (Å²) in [6.45, 7) is 6.64. The minimum Gasteiger partial charge on any atom is -0.327 e. The first-order chi connectivity index (χ1) is 7.11. The van der Waals surface area contributed by atoms with E-state index in [0.717, 1.165) is 5.92 Å². The summed E-state index contributed by atoms with van der Waals surface area (Å²) in [5.41, 5.74) is 6.03. The van der Waals surface area contributed by atoms with Crippen LogP contribution in [0.1, 0.15) is 37.3 Å². The second kappa shape index (κ2) is 6.56. The summed E-state index contributed by atoms with van der Waals surface area (Å²) in [5, 5.41) is 2.61. The summed E-state index contributed by atoms with van der Waals surface area (Å²) in [7, 11) is 0. The average molecular weight is 243 g/mol. The fourth-order valence-corrected chi connectivity index (χ4v) is 3.98. The normalized spacial score (nSPS) is 15.5. The zero-order valence-corrected chi connectivity index (χ0v) is 11.4. The molecule has 2 N–H and O–H groups in total. The highest BCUT2D eigenvalue weighted by atomic mass is 32.2. The van der Waals surface area contributed by atoms with Crippen LogP contribution in [0.5, 0.6) is 0 Å². The molecule has 1 rings (SSSR count). The van der Waals surface area contributed by atoms with E-state index in [2.05, 4.69) is 38.3 Å². The fourth-order valence-electron chi connectivity index (χ4n) is 1.38. The van der Waals surface area contributed by atoms with Gasteiger partial charge in [-0.3, -0.25) is 0 Å². The Balaban J connectivity index is 2.45. The summed E-state index contributed by atoms with van der Waals surface area (Å²) in [6, 6.07) is 4.54. The number of rotatable bonds is 6. The van der Waals surface area contributed by atoms with Crippen LogP contribution in [0.25, 0.3) is 0 Å². The second-order valence-electron chi connectivity index (χ2n) is 4.35. The van der Waals surface area contributed by atoms with Crippen molar-refractivity contribution < 1.29 is 0 Å². The van der Waals surface area contributed by atoms with Gasteiger partial charge in [-0.05, 0) is 36.5 Å². The summed E-state index contributed by atoms with van der Waals surface area (Å²) < 4.78 is 0. The number of hydrogen-bond donors (Lipinski definition) is 1. The van der Waals surface area contributed by atoms with Crippen LogP contribution in [0.15, 0.2) is 17.5 Å². The molecular formula is C12H21NS2. The molecular weight excluding hydrogens is 222 g/mol. The molecule has 0 saturated carbocycles. The van der Waals surface area contributed by atoms with Crippen LogP contribution in [0, 0.1) is 5.92 Å². The van der Waals surface area contributed by atoms with Crippen LogP contribution in [-0.2, 0) is 0 Å². The summed E-state index contributed by atoms with van der Waals surface area (Å²) >= 11 is 3.82. The Labute approximate surface area is 101 Å². The van der Waals surface area contributed by atoms with E-state index in [-0.39, 0.29) is 6.04 Å². The third-order valence-electron chi connectivity index (χ3n) is 2.29. The first-order valence-corrected chi connectivity index (χ1v) is 7.44. The Hall–Kier alpha value is 0.01000. The van der Waals surface area contributed by atoms with Crippen molar-refractivity contribution in [3.63, 3.8) is 0 Å². The Bertz CT molecular complexity index is 255. The van der Waals surface area contributed by atoms with E-state index in [1.807, 2.05) is 23.1 Å². The lowest BCUT2D eigenvalue weighted by molar-refractivity contribution is 0.629. The predicted octanol–water partition coefficient (Wildman–Crippen LogP) is 3.92. The van der Waals surface area contributed by atoms with E-state index < -0.39 is 0 Å². The molecule has 0 amide bonds. The summed E-state index contributed by atoms with van der Waals surface area (Å²) in [5.74, 6) is 2.00. The smallest absolute Gasteiger partial charge is 0.0539 e. The first-order valence-electron chi connectivity index (χ1n) is 5.52. The van der Waals surface area contributed by atoms with Gasteiger partial charge in [0.1, 0.15) is 0 Å². The molecule has 1 aromatic rings. The summed E-state index contributed by atoms with van der Waals surface area (Å²) in [4.78, 5) is 1.42. The monoisotopic (exact) mass is 243 g/mol. The molecule has 1 aromatic heterocycles. The van der Waals surface area contributed by atoms with E-state index in [4.69, 9.17) is 5.73 Å². The molecule has 0 aliphatic carbocycles. The van der Waals surface area contributed by atoms with E-state index in [1.54, 1.807) is 0 Å². The Morgan fingerprint density at radius 2 is 2.13 bits per heavy atom. The number of thiophene rings is 1. The van der Waals surface area contributed by atoms with Gasteiger partial charge in [0, 0.05) is 10.9 Å². The molecule has 0 spiro atoms. The molecule has 0 aliphatic rings. The molecule has 86 valence electrons. The molecule has 15 heavy (non-hydrogen) atoms. The van der Waals surface area contributed by atoms with Crippen molar-refractivity contribution in [3.05, 3.63) is 22.4 Å². The number of thioether (sulfide) groups is 1. The lowest BCUT2D eigenvalue weighted by atomic mass is 10.2. The Morgan fingerprint density at radius 3 is 2.60 bits per heavy atom. The average Bonchev–Trinajstić information content (AvgIpc) is 2.63. The van der Waals surface area contributed by atoms with Crippen molar-refractivity contribution >= 4 is 23.1 Å². The van der Waals surface area contributed by atoms with Crippen LogP contribution in [0.3, 0.4) is 0 Å².